The van der Waals surface area contributed by atoms with Gasteiger partial charge in [0, 0.05) is 23.5 Å². The molecule has 0 aliphatic heterocycles. The van der Waals surface area contributed by atoms with Gasteiger partial charge in [0.15, 0.2) is 0 Å². The highest BCUT2D eigenvalue weighted by molar-refractivity contribution is 7.09. The molecule has 88 valence electrons. The smallest absolute Gasteiger partial charge is 0.307 e. The van der Waals surface area contributed by atoms with Crippen molar-refractivity contribution in [3.05, 3.63) is 5.82 Å². The number of hydrogen-bond donors (Lipinski definition) is 1. The number of anilines is 1. The highest BCUT2D eigenvalue weighted by Gasteiger charge is 2.28. The fourth-order valence-electron chi connectivity index (χ4n) is 1.40. The number of aromatic nitrogens is 2. The molecular formula is C10H15N3O2S. The Bertz CT molecular complexity index is 376. The molecule has 1 aliphatic carbocycles. The van der Waals surface area contributed by atoms with Crippen LogP contribution in [0.3, 0.4) is 0 Å². The van der Waals surface area contributed by atoms with Crippen LogP contribution in [0.4, 0.5) is 5.13 Å². The zero-order valence-electron chi connectivity index (χ0n) is 9.40. The molecular weight excluding hydrogens is 226 g/mol. The van der Waals surface area contributed by atoms with E-state index in [9.17, 15) is 4.79 Å². The number of carbonyl (C=O) groups excluding carboxylic acids is 1. The molecule has 1 aliphatic rings. The van der Waals surface area contributed by atoms with E-state index in [2.05, 4.69) is 19.4 Å². The van der Waals surface area contributed by atoms with Gasteiger partial charge in [0.25, 0.3) is 0 Å². The molecule has 0 bridgehead atoms. The second-order valence-corrected chi connectivity index (χ2v) is 4.81. The normalized spacial score (nSPS) is 16.9. The predicted molar refractivity (Wildman–Crippen MR) is 61.6 cm³/mol. The molecule has 0 spiro atoms. The second kappa shape index (κ2) is 4.78. The van der Waals surface area contributed by atoms with Crippen molar-refractivity contribution < 1.29 is 9.53 Å². The molecule has 2 rings (SSSR count). The van der Waals surface area contributed by atoms with Crippen LogP contribution in [0.15, 0.2) is 0 Å². The molecule has 1 aromatic rings. The lowest BCUT2D eigenvalue weighted by Gasteiger charge is -2.10. The Kier molecular flexibility index (Phi) is 3.38. The number of carbonyl (C=O) groups is 1. The van der Waals surface area contributed by atoms with Gasteiger partial charge in [-0.3, -0.25) is 4.79 Å². The van der Waals surface area contributed by atoms with Gasteiger partial charge in [0.2, 0.25) is 5.13 Å². The summed E-state index contributed by atoms with van der Waals surface area (Å²) in [4.78, 5) is 15.4. The van der Waals surface area contributed by atoms with Crippen LogP contribution in [0.2, 0.25) is 0 Å². The van der Waals surface area contributed by atoms with Gasteiger partial charge >= 0.3 is 5.97 Å². The Morgan fingerprint density at radius 3 is 3.06 bits per heavy atom. The van der Waals surface area contributed by atoms with E-state index >= 15 is 0 Å². The fourth-order valence-corrected chi connectivity index (χ4v) is 2.15. The summed E-state index contributed by atoms with van der Waals surface area (Å²) in [5.41, 5.74) is 0. The summed E-state index contributed by atoms with van der Waals surface area (Å²) in [6.45, 7) is 1.93. The Morgan fingerprint density at radius 2 is 2.44 bits per heavy atom. The van der Waals surface area contributed by atoms with Crippen LogP contribution in [0, 0.1) is 0 Å². The molecule has 0 amide bonds. The van der Waals surface area contributed by atoms with E-state index in [0.717, 1.165) is 11.0 Å². The minimum absolute atomic E-state index is 0.0208. The molecule has 5 nitrogen and oxygen atoms in total. The Balaban J connectivity index is 1.85. The molecule has 1 heterocycles. The number of rotatable bonds is 5. The second-order valence-electron chi connectivity index (χ2n) is 4.06. The van der Waals surface area contributed by atoms with Crippen LogP contribution in [0.25, 0.3) is 0 Å². The Morgan fingerprint density at radius 1 is 1.69 bits per heavy atom. The van der Waals surface area contributed by atoms with E-state index in [-0.39, 0.29) is 12.0 Å². The van der Waals surface area contributed by atoms with Crippen molar-refractivity contribution in [3.63, 3.8) is 0 Å². The van der Waals surface area contributed by atoms with E-state index in [1.54, 1.807) is 0 Å². The van der Waals surface area contributed by atoms with Gasteiger partial charge in [0.1, 0.15) is 5.82 Å². The van der Waals surface area contributed by atoms with Crippen molar-refractivity contribution in [3.8, 4) is 0 Å². The number of nitrogens with zero attached hydrogens (tertiary/aromatic N) is 2. The van der Waals surface area contributed by atoms with E-state index in [1.807, 2.05) is 6.92 Å². The Hall–Kier alpha value is -1.17. The summed E-state index contributed by atoms with van der Waals surface area (Å²) in [5, 5.41) is 3.94. The number of ether oxygens (including phenoxy) is 1. The van der Waals surface area contributed by atoms with Crippen LogP contribution in [0.5, 0.6) is 0 Å². The summed E-state index contributed by atoms with van der Waals surface area (Å²) in [5.74, 6) is 1.30. The van der Waals surface area contributed by atoms with Gasteiger partial charge in [0.05, 0.1) is 13.5 Å². The first kappa shape index (κ1) is 11.3. The number of esters is 1. The first-order valence-corrected chi connectivity index (χ1v) is 6.13. The molecule has 0 radical (unpaired) electrons. The summed E-state index contributed by atoms with van der Waals surface area (Å²) in [6, 6.07) is 0.0208. The highest BCUT2D eigenvalue weighted by atomic mass is 32.1. The van der Waals surface area contributed by atoms with Crippen molar-refractivity contribution >= 4 is 22.6 Å². The molecule has 1 fully saturated rings. The fraction of sp³-hybridized carbons (Fsp3) is 0.700. The van der Waals surface area contributed by atoms with Crippen LogP contribution in [0.1, 0.15) is 37.9 Å². The third-order valence-electron chi connectivity index (χ3n) is 2.45. The SMILES string of the molecule is COC(=O)CC(C)Nc1nc(C2CC2)ns1. The first-order valence-electron chi connectivity index (χ1n) is 5.36. The van der Waals surface area contributed by atoms with E-state index < -0.39 is 0 Å². The molecule has 6 heteroatoms. The first-order chi connectivity index (χ1) is 7.69. The van der Waals surface area contributed by atoms with Crippen molar-refractivity contribution in [2.24, 2.45) is 0 Å². The highest BCUT2D eigenvalue weighted by Crippen LogP contribution is 2.39. The van der Waals surface area contributed by atoms with Gasteiger partial charge in [-0.1, -0.05) is 0 Å². The predicted octanol–water partition coefficient (Wildman–Crippen LogP) is 1.78. The van der Waals surface area contributed by atoms with Gasteiger partial charge in [-0.2, -0.15) is 4.37 Å². The average molecular weight is 241 g/mol. The number of hydrogen-bond acceptors (Lipinski definition) is 6. The molecule has 16 heavy (non-hydrogen) atoms. The third kappa shape index (κ3) is 2.91. The number of methoxy groups -OCH3 is 1. The minimum atomic E-state index is -0.216. The summed E-state index contributed by atoms with van der Waals surface area (Å²) in [6.07, 6.45) is 2.75. The van der Waals surface area contributed by atoms with Crippen molar-refractivity contribution in [2.75, 3.05) is 12.4 Å². The maximum absolute atomic E-state index is 11.0. The summed E-state index contributed by atoms with van der Waals surface area (Å²) >= 11 is 1.36. The van der Waals surface area contributed by atoms with Crippen LogP contribution >= 0.6 is 11.5 Å². The number of nitrogens with one attached hydrogen (secondary N) is 1. The van der Waals surface area contributed by atoms with Crippen molar-refractivity contribution in [1.82, 2.24) is 9.36 Å². The lowest BCUT2D eigenvalue weighted by atomic mass is 10.2. The molecule has 0 saturated heterocycles. The zero-order chi connectivity index (χ0) is 11.5. The monoisotopic (exact) mass is 241 g/mol. The van der Waals surface area contributed by atoms with Crippen LogP contribution in [-0.2, 0) is 9.53 Å². The topological polar surface area (TPSA) is 64.1 Å². The standard InChI is InChI=1S/C10H15N3O2S/c1-6(5-8(14)15-2)11-10-12-9(13-16-10)7-3-4-7/h6-7H,3-5H2,1-2H3,(H,11,12,13). The third-order valence-corrected chi connectivity index (χ3v) is 3.12. The summed E-state index contributed by atoms with van der Waals surface area (Å²) < 4.78 is 8.88. The molecule has 1 unspecified atom stereocenters. The van der Waals surface area contributed by atoms with Gasteiger partial charge in [-0.05, 0) is 19.8 Å². The maximum Gasteiger partial charge on any atom is 0.307 e. The minimum Gasteiger partial charge on any atom is -0.469 e. The van der Waals surface area contributed by atoms with Crippen molar-refractivity contribution in [1.29, 1.82) is 0 Å². The molecule has 1 atom stereocenters. The van der Waals surface area contributed by atoms with Gasteiger partial charge in [-0.15, -0.1) is 0 Å². The van der Waals surface area contributed by atoms with E-state index in [0.29, 0.717) is 12.3 Å². The van der Waals surface area contributed by atoms with Crippen LogP contribution < -0.4 is 5.32 Å². The lowest BCUT2D eigenvalue weighted by molar-refractivity contribution is -0.140. The van der Waals surface area contributed by atoms with Gasteiger partial charge < -0.3 is 10.1 Å². The van der Waals surface area contributed by atoms with Gasteiger partial charge in [-0.25, -0.2) is 4.98 Å². The summed E-state index contributed by atoms with van der Waals surface area (Å²) in [7, 11) is 1.39. The zero-order valence-corrected chi connectivity index (χ0v) is 10.2. The molecule has 0 aromatic carbocycles. The average Bonchev–Trinajstić information content (AvgIpc) is 3.00. The maximum atomic E-state index is 11.0. The van der Waals surface area contributed by atoms with Crippen molar-refractivity contribution in [2.45, 2.75) is 38.1 Å². The molecule has 1 saturated carbocycles. The molecule has 1 N–H and O–H groups in total. The van der Waals surface area contributed by atoms with E-state index in [4.69, 9.17) is 0 Å². The van der Waals surface area contributed by atoms with Crippen LogP contribution in [-0.4, -0.2) is 28.5 Å². The Labute approximate surface area is 98.4 Å². The largest absolute Gasteiger partial charge is 0.469 e. The lowest BCUT2D eigenvalue weighted by Crippen LogP contribution is -2.20. The van der Waals surface area contributed by atoms with E-state index in [1.165, 1.54) is 31.5 Å². The quantitative estimate of drug-likeness (QED) is 0.796. The molecule has 1 aromatic heterocycles.